The summed E-state index contributed by atoms with van der Waals surface area (Å²) < 4.78 is 27.3. The summed E-state index contributed by atoms with van der Waals surface area (Å²) in [4.78, 5) is 12.1. The number of nitrogens with one attached hydrogen (secondary N) is 2. The van der Waals surface area contributed by atoms with Gasteiger partial charge in [0.05, 0.1) is 4.90 Å². The van der Waals surface area contributed by atoms with Gasteiger partial charge < -0.3 is 5.32 Å². The number of sulfonamides is 1. The molecule has 7 heteroatoms. The summed E-state index contributed by atoms with van der Waals surface area (Å²) in [6, 6.07) is 12.3. The first-order chi connectivity index (χ1) is 11.3. The fraction of sp³-hybridized carbons (Fsp3) is 0.235. The summed E-state index contributed by atoms with van der Waals surface area (Å²) >= 11 is 3.21. The van der Waals surface area contributed by atoms with Gasteiger partial charge in [0, 0.05) is 23.1 Å². The molecule has 128 valence electrons. The molecule has 2 aromatic carbocycles. The standard InChI is InChI=1S/C17H19BrN2O3S/c1-12-7-8-15(13(2)11-12)20-17(21)9-10-19-24(22,23)16-6-4-3-5-14(16)18/h3-8,11,19H,9-10H2,1-2H3,(H,20,21). The van der Waals surface area contributed by atoms with Crippen LogP contribution in [0.2, 0.25) is 0 Å². The number of carbonyl (C=O) groups excluding carboxylic acids is 1. The van der Waals surface area contributed by atoms with E-state index in [2.05, 4.69) is 26.0 Å². The van der Waals surface area contributed by atoms with Crippen LogP contribution in [0.3, 0.4) is 0 Å². The van der Waals surface area contributed by atoms with Crippen LogP contribution in [0.15, 0.2) is 51.8 Å². The first-order valence-electron chi connectivity index (χ1n) is 7.41. The Labute approximate surface area is 150 Å². The van der Waals surface area contributed by atoms with Gasteiger partial charge in [0.25, 0.3) is 0 Å². The number of anilines is 1. The molecular formula is C17H19BrN2O3S. The molecule has 0 saturated heterocycles. The van der Waals surface area contributed by atoms with Gasteiger partial charge in [0.15, 0.2) is 0 Å². The minimum atomic E-state index is -3.65. The maximum absolute atomic E-state index is 12.2. The van der Waals surface area contributed by atoms with E-state index in [1.54, 1.807) is 18.2 Å². The summed E-state index contributed by atoms with van der Waals surface area (Å²) in [6.07, 6.45) is 0.0526. The molecule has 0 aliphatic carbocycles. The molecule has 0 saturated carbocycles. The lowest BCUT2D eigenvalue weighted by Crippen LogP contribution is -2.28. The molecule has 0 aliphatic rings. The van der Waals surface area contributed by atoms with Crippen LogP contribution in [0.5, 0.6) is 0 Å². The third-order valence-electron chi connectivity index (χ3n) is 3.43. The van der Waals surface area contributed by atoms with Crippen molar-refractivity contribution in [2.45, 2.75) is 25.2 Å². The van der Waals surface area contributed by atoms with Crippen molar-refractivity contribution in [2.24, 2.45) is 0 Å². The van der Waals surface area contributed by atoms with Gasteiger partial charge in [-0.05, 0) is 53.5 Å². The van der Waals surface area contributed by atoms with Gasteiger partial charge in [-0.25, -0.2) is 13.1 Å². The molecule has 2 N–H and O–H groups in total. The second-order valence-corrected chi connectivity index (χ2v) is 8.03. The molecule has 0 spiro atoms. The molecule has 0 aromatic heterocycles. The number of benzene rings is 2. The topological polar surface area (TPSA) is 75.3 Å². The van der Waals surface area contributed by atoms with Gasteiger partial charge in [-0.1, -0.05) is 29.8 Å². The highest BCUT2D eigenvalue weighted by Crippen LogP contribution is 2.21. The quantitative estimate of drug-likeness (QED) is 0.766. The molecule has 0 radical (unpaired) electrons. The Morgan fingerprint density at radius 1 is 1.12 bits per heavy atom. The number of rotatable bonds is 6. The van der Waals surface area contributed by atoms with Crippen molar-refractivity contribution in [3.8, 4) is 0 Å². The molecule has 0 unspecified atom stereocenters. The zero-order valence-electron chi connectivity index (χ0n) is 13.5. The van der Waals surface area contributed by atoms with E-state index in [0.717, 1.165) is 16.8 Å². The highest BCUT2D eigenvalue weighted by Gasteiger charge is 2.17. The molecule has 2 aromatic rings. The van der Waals surface area contributed by atoms with Crippen molar-refractivity contribution in [1.82, 2.24) is 4.72 Å². The van der Waals surface area contributed by atoms with Crippen LogP contribution in [0.4, 0.5) is 5.69 Å². The van der Waals surface area contributed by atoms with Gasteiger partial charge in [-0.2, -0.15) is 0 Å². The van der Waals surface area contributed by atoms with Crippen LogP contribution in [0.25, 0.3) is 0 Å². The van der Waals surface area contributed by atoms with E-state index in [1.807, 2.05) is 32.0 Å². The molecule has 2 rings (SSSR count). The van der Waals surface area contributed by atoms with E-state index in [0.29, 0.717) is 4.47 Å². The molecular weight excluding hydrogens is 392 g/mol. The average molecular weight is 411 g/mol. The summed E-state index contributed by atoms with van der Waals surface area (Å²) in [5.74, 6) is -0.239. The fourth-order valence-corrected chi connectivity index (χ4v) is 4.24. The number of amides is 1. The van der Waals surface area contributed by atoms with Crippen LogP contribution in [-0.4, -0.2) is 20.9 Å². The lowest BCUT2D eigenvalue weighted by Gasteiger charge is -2.10. The van der Waals surface area contributed by atoms with Crippen molar-refractivity contribution in [2.75, 3.05) is 11.9 Å². The molecule has 1 amide bonds. The second-order valence-electron chi connectivity index (χ2n) is 5.44. The minimum Gasteiger partial charge on any atom is -0.326 e. The van der Waals surface area contributed by atoms with Crippen LogP contribution >= 0.6 is 15.9 Å². The summed E-state index contributed by atoms with van der Waals surface area (Å²) in [7, 11) is -3.65. The Morgan fingerprint density at radius 3 is 2.50 bits per heavy atom. The van der Waals surface area contributed by atoms with Crippen LogP contribution in [0, 0.1) is 13.8 Å². The number of halogens is 1. The number of hydrogen-bond acceptors (Lipinski definition) is 3. The molecule has 0 bridgehead atoms. The highest BCUT2D eigenvalue weighted by atomic mass is 79.9. The van der Waals surface area contributed by atoms with E-state index in [4.69, 9.17) is 0 Å². The fourth-order valence-electron chi connectivity index (χ4n) is 2.21. The Hall–Kier alpha value is -1.70. The Balaban J connectivity index is 1.92. The Morgan fingerprint density at radius 2 is 1.83 bits per heavy atom. The first-order valence-corrected chi connectivity index (χ1v) is 9.68. The normalized spacial score (nSPS) is 11.3. The third kappa shape index (κ3) is 4.90. The monoisotopic (exact) mass is 410 g/mol. The lowest BCUT2D eigenvalue weighted by atomic mass is 10.1. The molecule has 0 aliphatic heterocycles. The summed E-state index contributed by atoms with van der Waals surface area (Å²) in [5, 5.41) is 2.79. The SMILES string of the molecule is Cc1ccc(NC(=O)CCNS(=O)(=O)c2ccccc2Br)c(C)c1. The van der Waals surface area contributed by atoms with E-state index in [-0.39, 0.29) is 23.8 Å². The number of carbonyl (C=O) groups is 1. The first kappa shape index (κ1) is 18.6. The maximum atomic E-state index is 12.2. The third-order valence-corrected chi connectivity index (χ3v) is 5.90. The van der Waals surface area contributed by atoms with Gasteiger partial charge in [-0.15, -0.1) is 0 Å². The zero-order valence-corrected chi connectivity index (χ0v) is 15.9. The molecule has 0 fully saturated rings. The van der Waals surface area contributed by atoms with Crippen molar-refractivity contribution in [3.63, 3.8) is 0 Å². The highest BCUT2D eigenvalue weighted by molar-refractivity contribution is 9.10. The van der Waals surface area contributed by atoms with Crippen molar-refractivity contribution in [1.29, 1.82) is 0 Å². The van der Waals surface area contributed by atoms with E-state index >= 15 is 0 Å². The smallest absolute Gasteiger partial charge is 0.241 e. The van der Waals surface area contributed by atoms with Gasteiger partial charge >= 0.3 is 0 Å². The van der Waals surface area contributed by atoms with Gasteiger partial charge in [-0.3, -0.25) is 4.79 Å². The molecule has 5 nitrogen and oxygen atoms in total. The lowest BCUT2D eigenvalue weighted by molar-refractivity contribution is -0.116. The van der Waals surface area contributed by atoms with Crippen LogP contribution in [-0.2, 0) is 14.8 Å². The second kappa shape index (κ2) is 7.92. The number of aryl methyl sites for hydroxylation is 2. The number of hydrogen-bond donors (Lipinski definition) is 2. The zero-order chi connectivity index (χ0) is 17.7. The molecule has 0 heterocycles. The average Bonchev–Trinajstić information content (AvgIpc) is 2.50. The van der Waals surface area contributed by atoms with Crippen molar-refractivity contribution < 1.29 is 13.2 Å². The van der Waals surface area contributed by atoms with Crippen LogP contribution < -0.4 is 10.0 Å². The van der Waals surface area contributed by atoms with E-state index in [9.17, 15) is 13.2 Å². The van der Waals surface area contributed by atoms with Gasteiger partial charge in [0.1, 0.15) is 0 Å². The predicted octanol–water partition coefficient (Wildman–Crippen LogP) is 3.37. The predicted molar refractivity (Wildman–Crippen MR) is 98.5 cm³/mol. The molecule has 24 heavy (non-hydrogen) atoms. The van der Waals surface area contributed by atoms with Crippen molar-refractivity contribution in [3.05, 3.63) is 58.1 Å². The maximum Gasteiger partial charge on any atom is 0.241 e. The Kier molecular flexibility index (Phi) is 6.15. The van der Waals surface area contributed by atoms with Crippen LogP contribution in [0.1, 0.15) is 17.5 Å². The van der Waals surface area contributed by atoms with E-state index < -0.39 is 10.0 Å². The van der Waals surface area contributed by atoms with E-state index in [1.165, 1.54) is 6.07 Å². The molecule has 0 atom stereocenters. The van der Waals surface area contributed by atoms with Gasteiger partial charge in [0.2, 0.25) is 15.9 Å². The summed E-state index contributed by atoms with van der Waals surface area (Å²) in [5.41, 5.74) is 2.82. The Bertz CT molecular complexity index is 851. The summed E-state index contributed by atoms with van der Waals surface area (Å²) in [6.45, 7) is 3.92. The van der Waals surface area contributed by atoms with Crippen molar-refractivity contribution >= 4 is 37.5 Å². The largest absolute Gasteiger partial charge is 0.326 e. The minimum absolute atomic E-state index is 0.0282.